The van der Waals surface area contributed by atoms with Gasteiger partial charge in [-0.2, -0.15) is 0 Å². The summed E-state index contributed by atoms with van der Waals surface area (Å²) < 4.78 is 0. The van der Waals surface area contributed by atoms with Gasteiger partial charge in [0.15, 0.2) is 0 Å². The molecule has 0 bridgehead atoms. The number of hydrogen-bond donors (Lipinski definition) is 1. The first-order valence-electron chi connectivity index (χ1n) is 9.00. The average Bonchev–Trinajstić information content (AvgIpc) is 3.37. The molecule has 0 saturated carbocycles. The molecular formula is C22H20N2O2S. The molecule has 1 unspecified atom stereocenters. The number of thiophene rings is 1. The highest BCUT2D eigenvalue weighted by Crippen LogP contribution is 2.37. The zero-order valence-corrected chi connectivity index (χ0v) is 15.6. The van der Waals surface area contributed by atoms with E-state index in [9.17, 15) is 9.59 Å². The monoisotopic (exact) mass is 376 g/mol. The third-order valence-corrected chi connectivity index (χ3v) is 6.16. The molecule has 0 spiro atoms. The number of nitrogens with two attached hydrogens (primary N) is 1. The summed E-state index contributed by atoms with van der Waals surface area (Å²) in [4.78, 5) is 28.3. The van der Waals surface area contributed by atoms with E-state index in [0.717, 1.165) is 35.4 Å². The largest absolute Gasteiger partial charge is 0.365 e. The lowest BCUT2D eigenvalue weighted by Crippen LogP contribution is -2.30. The topological polar surface area (TPSA) is 63.4 Å². The van der Waals surface area contributed by atoms with Crippen LogP contribution in [0.25, 0.3) is 11.1 Å². The Labute approximate surface area is 162 Å². The van der Waals surface area contributed by atoms with Crippen LogP contribution >= 0.6 is 11.3 Å². The van der Waals surface area contributed by atoms with Gasteiger partial charge in [0.05, 0.1) is 10.9 Å². The first kappa shape index (κ1) is 17.5. The first-order chi connectivity index (χ1) is 13.1. The quantitative estimate of drug-likeness (QED) is 0.729. The van der Waals surface area contributed by atoms with E-state index in [4.69, 9.17) is 5.73 Å². The van der Waals surface area contributed by atoms with Gasteiger partial charge in [-0.3, -0.25) is 9.59 Å². The standard InChI is InChI=1S/C22H20N2O2S/c23-21(25)20-13-12-19(27-20)18-11-6-14-24(18)22(26)17-10-5-4-9-16(17)15-7-2-1-3-8-15/h1-5,7-10,12-13,18H,6,11,14H2,(H2,23,25). The molecule has 1 aromatic heterocycles. The van der Waals surface area contributed by atoms with E-state index in [0.29, 0.717) is 10.4 Å². The second-order valence-electron chi connectivity index (χ2n) is 6.63. The predicted molar refractivity (Wildman–Crippen MR) is 108 cm³/mol. The van der Waals surface area contributed by atoms with Crippen molar-refractivity contribution in [1.82, 2.24) is 4.90 Å². The average molecular weight is 376 g/mol. The maximum absolute atomic E-state index is 13.4. The van der Waals surface area contributed by atoms with Crippen LogP contribution in [0.1, 0.15) is 43.8 Å². The highest BCUT2D eigenvalue weighted by molar-refractivity contribution is 7.14. The second-order valence-corrected chi connectivity index (χ2v) is 7.75. The van der Waals surface area contributed by atoms with Crippen LogP contribution in [0.3, 0.4) is 0 Å². The molecular weight excluding hydrogens is 356 g/mol. The number of hydrogen-bond acceptors (Lipinski definition) is 3. The molecule has 1 saturated heterocycles. The fourth-order valence-electron chi connectivity index (χ4n) is 3.66. The van der Waals surface area contributed by atoms with Crippen LogP contribution in [0.2, 0.25) is 0 Å². The lowest BCUT2D eigenvalue weighted by molar-refractivity contribution is 0.0738. The fraction of sp³-hybridized carbons (Fsp3) is 0.182. The number of benzene rings is 2. The molecule has 4 nitrogen and oxygen atoms in total. The normalized spacial score (nSPS) is 16.4. The Morgan fingerprint density at radius 3 is 2.44 bits per heavy atom. The highest BCUT2D eigenvalue weighted by Gasteiger charge is 2.32. The zero-order chi connectivity index (χ0) is 18.8. The molecule has 136 valence electrons. The van der Waals surface area contributed by atoms with Crippen molar-refractivity contribution in [2.75, 3.05) is 6.54 Å². The van der Waals surface area contributed by atoms with Gasteiger partial charge in [0, 0.05) is 17.0 Å². The zero-order valence-electron chi connectivity index (χ0n) is 14.8. The lowest BCUT2D eigenvalue weighted by Gasteiger charge is -2.25. The number of rotatable bonds is 4. The molecule has 27 heavy (non-hydrogen) atoms. The SMILES string of the molecule is NC(=O)c1ccc(C2CCCN2C(=O)c2ccccc2-c2ccccc2)s1. The molecule has 3 aromatic rings. The Morgan fingerprint density at radius 1 is 0.963 bits per heavy atom. The number of primary amides is 1. The first-order valence-corrected chi connectivity index (χ1v) is 9.82. The summed E-state index contributed by atoms with van der Waals surface area (Å²) in [5.41, 5.74) is 8.07. The Balaban J connectivity index is 1.67. The van der Waals surface area contributed by atoms with Gasteiger partial charge in [0.2, 0.25) is 0 Å². The smallest absolute Gasteiger partial charge is 0.258 e. The summed E-state index contributed by atoms with van der Waals surface area (Å²) in [6.45, 7) is 0.719. The summed E-state index contributed by atoms with van der Waals surface area (Å²) in [5, 5.41) is 0. The van der Waals surface area contributed by atoms with Crippen molar-refractivity contribution < 1.29 is 9.59 Å². The number of amides is 2. The molecule has 5 heteroatoms. The van der Waals surface area contributed by atoms with Crippen molar-refractivity contribution in [3.05, 3.63) is 82.0 Å². The molecule has 2 aromatic carbocycles. The van der Waals surface area contributed by atoms with E-state index < -0.39 is 5.91 Å². The van der Waals surface area contributed by atoms with Gasteiger partial charge in [0.25, 0.3) is 11.8 Å². The molecule has 2 N–H and O–H groups in total. The molecule has 1 aliphatic rings. The summed E-state index contributed by atoms with van der Waals surface area (Å²) in [7, 11) is 0. The molecule has 2 heterocycles. The number of nitrogens with zero attached hydrogens (tertiary/aromatic N) is 1. The van der Waals surface area contributed by atoms with Gasteiger partial charge in [-0.05, 0) is 42.2 Å². The molecule has 4 rings (SSSR count). The van der Waals surface area contributed by atoms with Gasteiger partial charge >= 0.3 is 0 Å². The Kier molecular flexibility index (Phi) is 4.77. The maximum Gasteiger partial charge on any atom is 0.258 e. The maximum atomic E-state index is 13.4. The van der Waals surface area contributed by atoms with Gasteiger partial charge in [-0.15, -0.1) is 11.3 Å². The minimum atomic E-state index is -0.420. The Morgan fingerprint density at radius 2 is 1.70 bits per heavy atom. The van der Waals surface area contributed by atoms with Crippen LogP contribution in [0.5, 0.6) is 0 Å². The van der Waals surface area contributed by atoms with Crippen molar-refractivity contribution >= 4 is 23.2 Å². The summed E-state index contributed by atoms with van der Waals surface area (Å²) in [6.07, 6.45) is 1.85. The summed E-state index contributed by atoms with van der Waals surface area (Å²) in [6, 6.07) is 21.4. The van der Waals surface area contributed by atoms with E-state index in [1.165, 1.54) is 11.3 Å². The summed E-state index contributed by atoms with van der Waals surface area (Å²) >= 11 is 1.39. The van der Waals surface area contributed by atoms with E-state index in [1.807, 2.05) is 65.6 Å². The fourth-order valence-corrected chi connectivity index (χ4v) is 4.67. The van der Waals surface area contributed by atoms with Gasteiger partial charge in [-0.1, -0.05) is 48.5 Å². The van der Waals surface area contributed by atoms with E-state index in [1.54, 1.807) is 6.07 Å². The van der Waals surface area contributed by atoms with Crippen LogP contribution < -0.4 is 5.73 Å². The molecule has 1 aliphatic heterocycles. The number of carbonyl (C=O) groups excluding carboxylic acids is 2. The van der Waals surface area contributed by atoms with Crippen molar-refractivity contribution in [3.63, 3.8) is 0 Å². The van der Waals surface area contributed by atoms with Crippen LogP contribution in [0, 0.1) is 0 Å². The number of likely N-dealkylation sites (tertiary alicyclic amines) is 1. The van der Waals surface area contributed by atoms with Crippen molar-refractivity contribution in [3.8, 4) is 11.1 Å². The van der Waals surface area contributed by atoms with Gasteiger partial charge in [-0.25, -0.2) is 0 Å². The highest BCUT2D eigenvalue weighted by atomic mass is 32.1. The molecule has 2 amide bonds. The minimum absolute atomic E-state index is 0.000528. The molecule has 0 radical (unpaired) electrons. The Bertz CT molecular complexity index is 981. The van der Waals surface area contributed by atoms with Crippen LogP contribution in [-0.4, -0.2) is 23.3 Å². The molecule has 1 atom stereocenters. The van der Waals surface area contributed by atoms with Crippen molar-refractivity contribution in [1.29, 1.82) is 0 Å². The third kappa shape index (κ3) is 3.38. The van der Waals surface area contributed by atoms with E-state index >= 15 is 0 Å². The van der Waals surface area contributed by atoms with Crippen molar-refractivity contribution in [2.24, 2.45) is 5.73 Å². The van der Waals surface area contributed by atoms with Crippen LogP contribution in [0.4, 0.5) is 0 Å². The van der Waals surface area contributed by atoms with E-state index in [-0.39, 0.29) is 11.9 Å². The van der Waals surface area contributed by atoms with Crippen LogP contribution in [-0.2, 0) is 0 Å². The van der Waals surface area contributed by atoms with Gasteiger partial charge in [0.1, 0.15) is 0 Å². The summed E-state index contributed by atoms with van der Waals surface area (Å²) in [5.74, 6) is -0.387. The van der Waals surface area contributed by atoms with Gasteiger partial charge < -0.3 is 10.6 Å². The molecule has 0 aliphatic carbocycles. The van der Waals surface area contributed by atoms with Crippen molar-refractivity contribution in [2.45, 2.75) is 18.9 Å². The Hall–Kier alpha value is -2.92. The second kappa shape index (κ2) is 7.37. The van der Waals surface area contributed by atoms with E-state index in [2.05, 4.69) is 0 Å². The minimum Gasteiger partial charge on any atom is -0.365 e. The predicted octanol–water partition coefficient (Wildman–Crippen LogP) is 4.49. The van der Waals surface area contributed by atoms with Crippen LogP contribution in [0.15, 0.2) is 66.7 Å². The molecule has 1 fully saturated rings. The third-order valence-electron chi connectivity index (χ3n) is 4.95. The lowest BCUT2D eigenvalue weighted by atomic mass is 9.98. The number of carbonyl (C=O) groups is 2.